The van der Waals surface area contributed by atoms with Crippen molar-refractivity contribution in [2.75, 3.05) is 13.7 Å². The van der Waals surface area contributed by atoms with Crippen LogP contribution in [0.3, 0.4) is 0 Å². The second kappa shape index (κ2) is 10.1. The molecule has 1 atom stereocenters. The molecule has 30 heavy (non-hydrogen) atoms. The van der Waals surface area contributed by atoms with Crippen LogP contribution in [0.25, 0.3) is 0 Å². The Morgan fingerprint density at radius 3 is 2.03 bits per heavy atom. The molecule has 2 aromatic carbocycles. The van der Waals surface area contributed by atoms with Gasteiger partial charge in [-0.2, -0.15) is 0 Å². The number of ketones is 1. The minimum atomic E-state index is -0.911. The van der Waals surface area contributed by atoms with E-state index in [0.29, 0.717) is 16.9 Å². The van der Waals surface area contributed by atoms with E-state index in [9.17, 15) is 14.4 Å². The summed E-state index contributed by atoms with van der Waals surface area (Å²) in [5, 5.41) is 2.70. The molecule has 2 aromatic rings. The lowest BCUT2D eigenvalue weighted by atomic mass is 9.87. The minimum Gasteiger partial charge on any atom is -0.497 e. The summed E-state index contributed by atoms with van der Waals surface area (Å²) in [7, 11) is 1.54. The maximum atomic E-state index is 12.4. The van der Waals surface area contributed by atoms with Crippen LogP contribution in [0.1, 0.15) is 60.4 Å². The van der Waals surface area contributed by atoms with Crippen molar-refractivity contribution in [1.82, 2.24) is 5.32 Å². The predicted molar refractivity (Wildman–Crippen MR) is 115 cm³/mol. The quantitative estimate of drug-likeness (QED) is 0.526. The lowest BCUT2D eigenvalue weighted by Crippen LogP contribution is -2.29. The highest BCUT2D eigenvalue weighted by Gasteiger charge is 2.20. The van der Waals surface area contributed by atoms with Crippen molar-refractivity contribution < 1.29 is 23.9 Å². The van der Waals surface area contributed by atoms with Crippen LogP contribution >= 0.6 is 0 Å². The molecule has 0 saturated heterocycles. The van der Waals surface area contributed by atoms with Crippen molar-refractivity contribution in [1.29, 1.82) is 0 Å². The number of hydrogen-bond donors (Lipinski definition) is 1. The molecule has 0 fully saturated rings. The number of benzene rings is 2. The van der Waals surface area contributed by atoms with Crippen LogP contribution in [0.5, 0.6) is 5.75 Å². The number of carbonyl (C=O) groups excluding carboxylic acids is 3. The maximum Gasteiger partial charge on any atom is 0.308 e. The summed E-state index contributed by atoms with van der Waals surface area (Å²) < 4.78 is 10.3. The fourth-order valence-corrected chi connectivity index (χ4v) is 2.80. The smallest absolute Gasteiger partial charge is 0.308 e. The summed E-state index contributed by atoms with van der Waals surface area (Å²) in [6.45, 7) is 7.97. The molecule has 0 unspecified atom stereocenters. The highest BCUT2D eigenvalue weighted by atomic mass is 16.5. The largest absolute Gasteiger partial charge is 0.497 e. The fourth-order valence-electron chi connectivity index (χ4n) is 2.80. The van der Waals surface area contributed by atoms with Crippen molar-refractivity contribution in [2.45, 2.75) is 45.6 Å². The minimum absolute atomic E-state index is 0.0126. The van der Waals surface area contributed by atoms with E-state index in [4.69, 9.17) is 9.47 Å². The highest BCUT2D eigenvalue weighted by Crippen LogP contribution is 2.22. The molecule has 0 aliphatic rings. The molecule has 0 heterocycles. The van der Waals surface area contributed by atoms with E-state index in [1.807, 2.05) is 12.1 Å². The number of Topliss-reactive ketones (excluding diaryl/α,β-unsaturated/α-hetero) is 1. The van der Waals surface area contributed by atoms with Crippen LogP contribution < -0.4 is 10.1 Å². The van der Waals surface area contributed by atoms with Crippen LogP contribution in [0, 0.1) is 0 Å². The third-order valence-corrected chi connectivity index (χ3v) is 4.68. The number of nitrogens with one attached hydrogen (secondary N) is 1. The predicted octanol–water partition coefficient (Wildman–Crippen LogP) is 3.93. The summed E-state index contributed by atoms with van der Waals surface area (Å²) in [4.78, 5) is 36.6. The summed E-state index contributed by atoms with van der Waals surface area (Å²) in [6, 6.07) is 14.0. The van der Waals surface area contributed by atoms with Gasteiger partial charge in [-0.15, -0.1) is 0 Å². The third-order valence-electron chi connectivity index (χ3n) is 4.68. The van der Waals surface area contributed by atoms with E-state index in [0.717, 1.165) is 5.56 Å². The first kappa shape index (κ1) is 23.1. The average Bonchev–Trinajstić information content (AvgIpc) is 2.72. The van der Waals surface area contributed by atoms with Crippen molar-refractivity contribution in [3.8, 4) is 5.75 Å². The van der Waals surface area contributed by atoms with E-state index in [1.54, 1.807) is 43.5 Å². The summed E-state index contributed by atoms with van der Waals surface area (Å²) >= 11 is 0. The van der Waals surface area contributed by atoms with Gasteiger partial charge in [0.15, 0.2) is 6.10 Å². The number of rotatable bonds is 8. The van der Waals surface area contributed by atoms with Gasteiger partial charge in [0.05, 0.1) is 13.5 Å². The zero-order valence-corrected chi connectivity index (χ0v) is 18.2. The lowest BCUT2D eigenvalue weighted by Gasteiger charge is -2.19. The van der Waals surface area contributed by atoms with Gasteiger partial charge in [-0.25, -0.2) is 0 Å². The molecule has 0 bridgehead atoms. The van der Waals surface area contributed by atoms with Crippen molar-refractivity contribution in [2.24, 2.45) is 0 Å². The molecule has 1 N–H and O–H groups in total. The second-order valence-electron chi connectivity index (χ2n) is 8.06. The number of carbonyl (C=O) groups is 3. The van der Waals surface area contributed by atoms with Crippen LogP contribution in [0.4, 0.5) is 0 Å². The summed E-state index contributed by atoms with van der Waals surface area (Å²) in [5.41, 5.74) is 2.11. The summed E-state index contributed by atoms with van der Waals surface area (Å²) in [6.07, 6.45) is -0.932. The standard InChI is InChI=1S/C24H29NO5/c1-16(22(27)17-8-12-20(29-5)13-9-17)30-21(26)14-15-25-23(28)18-6-10-19(11-7-18)24(2,3)4/h6-13,16H,14-15H2,1-5H3,(H,25,28)/t16-/m1/s1. The molecular formula is C24H29NO5. The van der Waals surface area contributed by atoms with Crippen LogP contribution in [-0.4, -0.2) is 37.4 Å². The van der Waals surface area contributed by atoms with Crippen molar-refractivity contribution in [3.63, 3.8) is 0 Å². The Morgan fingerprint density at radius 1 is 0.933 bits per heavy atom. The molecule has 6 nitrogen and oxygen atoms in total. The van der Waals surface area contributed by atoms with Gasteiger partial charge in [-0.3, -0.25) is 14.4 Å². The Kier molecular flexibility index (Phi) is 7.75. The molecule has 6 heteroatoms. The van der Waals surface area contributed by atoms with Gasteiger partial charge in [0, 0.05) is 17.7 Å². The van der Waals surface area contributed by atoms with E-state index in [1.165, 1.54) is 6.92 Å². The van der Waals surface area contributed by atoms with Gasteiger partial charge < -0.3 is 14.8 Å². The van der Waals surface area contributed by atoms with Gasteiger partial charge in [-0.1, -0.05) is 32.9 Å². The Bertz CT molecular complexity index is 879. The van der Waals surface area contributed by atoms with Gasteiger partial charge >= 0.3 is 5.97 Å². The number of hydrogen-bond acceptors (Lipinski definition) is 5. The van der Waals surface area contributed by atoms with Gasteiger partial charge in [0.2, 0.25) is 5.78 Å². The van der Waals surface area contributed by atoms with E-state index in [-0.39, 0.29) is 30.1 Å². The molecule has 0 aliphatic carbocycles. The fraction of sp³-hybridized carbons (Fsp3) is 0.375. The molecule has 0 aliphatic heterocycles. The van der Waals surface area contributed by atoms with E-state index < -0.39 is 12.1 Å². The van der Waals surface area contributed by atoms with Crippen molar-refractivity contribution >= 4 is 17.7 Å². The molecule has 1 amide bonds. The Hall–Kier alpha value is -3.15. The van der Waals surface area contributed by atoms with Crippen LogP contribution in [-0.2, 0) is 14.9 Å². The highest BCUT2D eigenvalue weighted by molar-refractivity contribution is 6.00. The zero-order chi connectivity index (χ0) is 22.3. The Balaban J connectivity index is 1.79. The number of methoxy groups -OCH3 is 1. The molecule has 0 radical (unpaired) electrons. The molecule has 0 aromatic heterocycles. The molecule has 160 valence electrons. The average molecular weight is 411 g/mol. The first-order chi connectivity index (χ1) is 14.1. The van der Waals surface area contributed by atoms with E-state index >= 15 is 0 Å². The third kappa shape index (κ3) is 6.44. The first-order valence-electron chi connectivity index (χ1n) is 9.88. The molecule has 2 rings (SSSR count). The number of amides is 1. The Labute approximate surface area is 177 Å². The number of ether oxygens (including phenoxy) is 2. The Morgan fingerprint density at radius 2 is 1.50 bits per heavy atom. The first-order valence-corrected chi connectivity index (χ1v) is 9.88. The molecular weight excluding hydrogens is 382 g/mol. The molecule has 0 saturated carbocycles. The normalized spacial score (nSPS) is 12.0. The number of esters is 1. The van der Waals surface area contributed by atoms with Gasteiger partial charge in [0.25, 0.3) is 5.91 Å². The van der Waals surface area contributed by atoms with Gasteiger partial charge in [-0.05, 0) is 54.3 Å². The zero-order valence-electron chi connectivity index (χ0n) is 18.2. The van der Waals surface area contributed by atoms with Crippen LogP contribution in [0.15, 0.2) is 48.5 Å². The SMILES string of the molecule is COc1ccc(C(=O)[C@@H](C)OC(=O)CCNC(=O)c2ccc(C(C)(C)C)cc2)cc1. The maximum absolute atomic E-state index is 12.4. The van der Waals surface area contributed by atoms with Crippen molar-refractivity contribution in [3.05, 3.63) is 65.2 Å². The monoisotopic (exact) mass is 411 g/mol. The van der Waals surface area contributed by atoms with E-state index in [2.05, 4.69) is 26.1 Å². The second-order valence-corrected chi connectivity index (χ2v) is 8.06. The molecule has 0 spiro atoms. The topological polar surface area (TPSA) is 81.7 Å². The summed E-state index contributed by atoms with van der Waals surface area (Å²) in [5.74, 6) is -0.465. The lowest BCUT2D eigenvalue weighted by molar-refractivity contribution is -0.146. The van der Waals surface area contributed by atoms with Crippen LogP contribution in [0.2, 0.25) is 0 Å². The van der Waals surface area contributed by atoms with Gasteiger partial charge in [0.1, 0.15) is 5.75 Å².